The Morgan fingerprint density at radius 2 is 1.75 bits per heavy atom. The summed E-state index contributed by atoms with van der Waals surface area (Å²) >= 11 is 0. The van der Waals surface area contributed by atoms with E-state index in [0.29, 0.717) is 18.7 Å². The molecule has 172 valence electrons. The minimum absolute atomic E-state index is 0.0787. The van der Waals surface area contributed by atoms with E-state index in [-0.39, 0.29) is 24.5 Å². The lowest BCUT2D eigenvalue weighted by molar-refractivity contribution is -0.141. The first-order valence-electron chi connectivity index (χ1n) is 11.8. The first-order valence-corrected chi connectivity index (χ1v) is 11.8. The number of hydrogen-bond acceptors (Lipinski definition) is 3. The van der Waals surface area contributed by atoms with Gasteiger partial charge in [-0.25, -0.2) is 0 Å². The summed E-state index contributed by atoms with van der Waals surface area (Å²) in [6.45, 7) is 6.22. The zero-order valence-corrected chi connectivity index (χ0v) is 19.6. The lowest BCUT2D eigenvalue weighted by atomic mass is 9.95. The van der Waals surface area contributed by atoms with Crippen molar-refractivity contribution in [1.82, 2.24) is 10.2 Å². The van der Waals surface area contributed by atoms with Gasteiger partial charge in [0.05, 0.1) is 0 Å². The van der Waals surface area contributed by atoms with Crippen molar-refractivity contribution in [2.24, 2.45) is 0 Å². The maximum Gasteiger partial charge on any atom is 0.261 e. The third-order valence-electron chi connectivity index (χ3n) is 6.51. The van der Waals surface area contributed by atoms with Gasteiger partial charge < -0.3 is 15.0 Å². The minimum Gasteiger partial charge on any atom is -0.483 e. The summed E-state index contributed by atoms with van der Waals surface area (Å²) in [6.07, 6.45) is 6.27. The molecule has 0 aliphatic heterocycles. The summed E-state index contributed by atoms with van der Waals surface area (Å²) in [5.41, 5.74) is 3.29. The molecule has 1 fully saturated rings. The molecule has 2 aromatic carbocycles. The summed E-state index contributed by atoms with van der Waals surface area (Å²) in [4.78, 5) is 27.9. The molecular formula is C27H36N2O3. The van der Waals surface area contributed by atoms with Gasteiger partial charge in [-0.2, -0.15) is 0 Å². The Morgan fingerprint density at radius 3 is 2.47 bits per heavy atom. The minimum atomic E-state index is -0.546. The van der Waals surface area contributed by atoms with Crippen LogP contribution in [0.1, 0.15) is 55.7 Å². The third kappa shape index (κ3) is 6.59. The number of nitrogens with one attached hydrogen (secondary N) is 1. The van der Waals surface area contributed by atoms with Crippen molar-refractivity contribution in [3.05, 3.63) is 65.2 Å². The second-order valence-electron chi connectivity index (χ2n) is 8.83. The SMILES string of the molecule is Cc1cccc(OCC(=O)N(CCc2ccccc2)C(C)C(=O)NC2CCCCC2)c1C. The summed E-state index contributed by atoms with van der Waals surface area (Å²) < 4.78 is 5.87. The van der Waals surface area contributed by atoms with Crippen molar-refractivity contribution >= 4 is 11.8 Å². The predicted octanol–water partition coefficient (Wildman–Crippen LogP) is 4.59. The van der Waals surface area contributed by atoms with Crippen molar-refractivity contribution in [3.63, 3.8) is 0 Å². The second-order valence-corrected chi connectivity index (χ2v) is 8.83. The Bertz CT molecular complexity index is 891. The van der Waals surface area contributed by atoms with E-state index in [9.17, 15) is 9.59 Å². The normalized spacial score (nSPS) is 15.1. The fraction of sp³-hybridized carbons (Fsp3) is 0.481. The van der Waals surface area contributed by atoms with Crippen LogP contribution in [0, 0.1) is 13.8 Å². The fourth-order valence-electron chi connectivity index (χ4n) is 4.24. The number of carbonyl (C=O) groups is 2. The Kier molecular flexibility index (Phi) is 8.72. The van der Waals surface area contributed by atoms with E-state index >= 15 is 0 Å². The van der Waals surface area contributed by atoms with E-state index in [2.05, 4.69) is 5.32 Å². The van der Waals surface area contributed by atoms with Gasteiger partial charge in [0, 0.05) is 12.6 Å². The van der Waals surface area contributed by atoms with Crippen LogP contribution in [0.15, 0.2) is 48.5 Å². The van der Waals surface area contributed by atoms with Crippen LogP contribution in [-0.4, -0.2) is 41.9 Å². The molecule has 1 unspecified atom stereocenters. The van der Waals surface area contributed by atoms with Crippen LogP contribution >= 0.6 is 0 Å². The standard InChI is InChI=1S/C27H36N2O3/c1-20-11-10-16-25(21(20)2)32-19-26(30)29(18-17-23-12-6-4-7-13-23)22(3)27(31)28-24-14-8-5-9-15-24/h4,6-7,10-13,16,22,24H,5,8-9,14-15,17-19H2,1-3H3,(H,28,31). The Morgan fingerprint density at radius 1 is 1.03 bits per heavy atom. The highest BCUT2D eigenvalue weighted by Gasteiger charge is 2.28. The number of aryl methyl sites for hydroxylation is 1. The highest BCUT2D eigenvalue weighted by Crippen LogP contribution is 2.21. The Labute approximate surface area is 192 Å². The number of rotatable bonds is 9. The molecule has 5 heteroatoms. The van der Waals surface area contributed by atoms with Crippen LogP contribution < -0.4 is 10.1 Å². The van der Waals surface area contributed by atoms with Crippen LogP contribution in [0.4, 0.5) is 0 Å². The molecule has 0 heterocycles. The first kappa shape index (κ1) is 23.8. The van der Waals surface area contributed by atoms with Crippen molar-refractivity contribution < 1.29 is 14.3 Å². The molecule has 0 aromatic heterocycles. The molecule has 0 saturated heterocycles. The van der Waals surface area contributed by atoms with Gasteiger partial charge in [-0.05, 0) is 62.8 Å². The average molecular weight is 437 g/mol. The monoisotopic (exact) mass is 436 g/mol. The third-order valence-corrected chi connectivity index (χ3v) is 6.51. The number of amides is 2. The topological polar surface area (TPSA) is 58.6 Å². The van der Waals surface area contributed by atoms with E-state index in [1.165, 1.54) is 6.42 Å². The zero-order chi connectivity index (χ0) is 22.9. The lowest BCUT2D eigenvalue weighted by Gasteiger charge is -2.31. The van der Waals surface area contributed by atoms with Crippen LogP contribution in [0.2, 0.25) is 0 Å². The van der Waals surface area contributed by atoms with E-state index in [4.69, 9.17) is 4.74 Å². The molecule has 0 bridgehead atoms. The highest BCUT2D eigenvalue weighted by atomic mass is 16.5. The quantitative estimate of drug-likeness (QED) is 0.625. The van der Waals surface area contributed by atoms with Gasteiger partial charge >= 0.3 is 0 Å². The molecule has 32 heavy (non-hydrogen) atoms. The number of nitrogens with zero attached hydrogens (tertiary/aromatic N) is 1. The van der Waals surface area contributed by atoms with Crippen LogP contribution in [0.5, 0.6) is 5.75 Å². The predicted molar refractivity (Wildman–Crippen MR) is 128 cm³/mol. The molecule has 1 atom stereocenters. The number of ether oxygens (including phenoxy) is 1. The highest BCUT2D eigenvalue weighted by molar-refractivity contribution is 5.88. The maximum absolute atomic E-state index is 13.2. The second kappa shape index (κ2) is 11.7. The summed E-state index contributed by atoms with van der Waals surface area (Å²) in [6, 6.07) is 15.5. The van der Waals surface area contributed by atoms with E-state index in [1.54, 1.807) is 4.90 Å². The molecule has 2 aromatic rings. The van der Waals surface area contributed by atoms with Crippen LogP contribution in [0.25, 0.3) is 0 Å². The van der Waals surface area contributed by atoms with Crippen molar-refractivity contribution in [3.8, 4) is 5.75 Å². The van der Waals surface area contributed by atoms with Gasteiger partial charge in [0.1, 0.15) is 11.8 Å². The first-order chi connectivity index (χ1) is 15.5. The zero-order valence-electron chi connectivity index (χ0n) is 19.6. The van der Waals surface area contributed by atoms with Crippen LogP contribution in [-0.2, 0) is 16.0 Å². The van der Waals surface area contributed by atoms with Gasteiger partial charge in [-0.1, -0.05) is 61.7 Å². The summed E-state index contributed by atoms with van der Waals surface area (Å²) in [5, 5.41) is 3.17. The average Bonchev–Trinajstić information content (AvgIpc) is 2.81. The molecule has 0 radical (unpaired) electrons. The molecule has 1 saturated carbocycles. The van der Waals surface area contributed by atoms with Crippen LogP contribution in [0.3, 0.4) is 0 Å². The Balaban J connectivity index is 1.67. The molecule has 3 rings (SSSR count). The van der Waals surface area contributed by atoms with E-state index < -0.39 is 6.04 Å². The molecule has 5 nitrogen and oxygen atoms in total. The molecule has 0 spiro atoms. The smallest absolute Gasteiger partial charge is 0.261 e. The Hall–Kier alpha value is -2.82. The van der Waals surface area contributed by atoms with Gasteiger partial charge in [-0.15, -0.1) is 0 Å². The molecule has 1 N–H and O–H groups in total. The summed E-state index contributed by atoms with van der Waals surface area (Å²) in [5.74, 6) is 0.457. The fourth-order valence-corrected chi connectivity index (χ4v) is 4.24. The maximum atomic E-state index is 13.2. The van der Waals surface area contributed by atoms with Gasteiger partial charge in [-0.3, -0.25) is 9.59 Å². The molecule has 2 amide bonds. The van der Waals surface area contributed by atoms with E-state index in [0.717, 1.165) is 42.4 Å². The van der Waals surface area contributed by atoms with Gasteiger partial charge in [0.15, 0.2) is 6.61 Å². The van der Waals surface area contributed by atoms with Gasteiger partial charge in [0.2, 0.25) is 5.91 Å². The molecular weight excluding hydrogens is 400 g/mol. The van der Waals surface area contributed by atoms with Crippen molar-refractivity contribution in [1.29, 1.82) is 0 Å². The molecule has 1 aliphatic carbocycles. The molecule has 1 aliphatic rings. The number of benzene rings is 2. The van der Waals surface area contributed by atoms with Crippen molar-refractivity contribution in [2.75, 3.05) is 13.2 Å². The summed E-state index contributed by atoms with van der Waals surface area (Å²) in [7, 11) is 0. The largest absolute Gasteiger partial charge is 0.483 e. The number of hydrogen-bond donors (Lipinski definition) is 1. The number of carbonyl (C=O) groups excluding carboxylic acids is 2. The lowest BCUT2D eigenvalue weighted by Crippen LogP contribution is -2.52. The van der Waals surface area contributed by atoms with Crippen molar-refractivity contribution in [2.45, 2.75) is 71.4 Å². The van der Waals surface area contributed by atoms with E-state index in [1.807, 2.05) is 69.3 Å². The van der Waals surface area contributed by atoms with Gasteiger partial charge in [0.25, 0.3) is 5.91 Å².